The SMILES string of the molecule is CCCCCC/C=C\CCCCCCCC/C=C/OC[C@H](COP(=O)([O-])OCC[N+](C)(C)C)OC(=O)CCC[C@H](O)[C@@H](O)/C=C/C=C/C=C\C=C\[C@@H](O)CCCCC. The van der Waals surface area contributed by atoms with Crippen molar-refractivity contribution in [2.75, 3.05) is 47.5 Å². The predicted molar refractivity (Wildman–Crippen MR) is 235 cm³/mol. The summed E-state index contributed by atoms with van der Waals surface area (Å²) in [6.07, 6.45) is 38.0. The first-order chi connectivity index (χ1) is 27.8. The molecule has 1 unspecified atom stereocenters. The summed E-state index contributed by atoms with van der Waals surface area (Å²) in [5.74, 6) is -0.610. The molecule has 0 heterocycles. The molecule has 0 fully saturated rings. The zero-order chi connectivity index (χ0) is 43.2. The Morgan fingerprint density at radius 2 is 1.22 bits per heavy atom. The van der Waals surface area contributed by atoms with Crippen molar-refractivity contribution in [1.29, 1.82) is 0 Å². The van der Waals surface area contributed by atoms with E-state index in [9.17, 15) is 29.6 Å². The highest BCUT2D eigenvalue weighted by Gasteiger charge is 2.21. The van der Waals surface area contributed by atoms with Gasteiger partial charge in [-0.15, -0.1) is 0 Å². The lowest BCUT2D eigenvalue weighted by atomic mass is 10.1. The Kier molecular flexibility index (Phi) is 36.1. The van der Waals surface area contributed by atoms with Crippen LogP contribution in [-0.2, 0) is 27.9 Å². The second-order valence-electron chi connectivity index (χ2n) is 16.0. The molecule has 0 rings (SSSR count). The molecule has 0 aliphatic rings. The van der Waals surface area contributed by atoms with Gasteiger partial charge in [0.2, 0.25) is 0 Å². The lowest BCUT2D eigenvalue weighted by molar-refractivity contribution is -0.870. The molecule has 0 spiro atoms. The van der Waals surface area contributed by atoms with Gasteiger partial charge < -0.3 is 43.2 Å². The number of unbranched alkanes of at least 4 members (excludes halogenated alkanes) is 13. The van der Waals surface area contributed by atoms with E-state index in [1.54, 1.807) is 48.8 Å². The van der Waals surface area contributed by atoms with Crippen LogP contribution in [0, 0.1) is 0 Å². The number of allylic oxidation sites excluding steroid dienone is 9. The van der Waals surface area contributed by atoms with Crippen LogP contribution in [0.15, 0.2) is 73.1 Å². The van der Waals surface area contributed by atoms with Crippen LogP contribution >= 0.6 is 7.82 Å². The Bertz CT molecular complexity index is 1210. The van der Waals surface area contributed by atoms with E-state index in [1.165, 1.54) is 70.3 Å². The molecule has 0 amide bonds. The Morgan fingerprint density at radius 1 is 0.672 bits per heavy atom. The van der Waals surface area contributed by atoms with Crippen LogP contribution in [0.25, 0.3) is 0 Å². The maximum atomic E-state index is 12.7. The molecule has 0 aromatic carbocycles. The summed E-state index contributed by atoms with van der Waals surface area (Å²) < 4.78 is 34.0. The van der Waals surface area contributed by atoms with Gasteiger partial charge in [-0.1, -0.05) is 139 Å². The first-order valence-electron chi connectivity index (χ1n) is 22.0. The average Bonchev–Trinajstić information content (AvgIpc) is 3.16. The predicted octanol–water partition coefficient (Wildman–Crippen LogP) is 9.34. The maximum absolute atomic E-state index is 12.7. The van der Waals surface area contributed by atoms with Crippen molar-refractivity contribution >= 4 is 13.8 Å². The number of carbonyl (C=O) groups excluding carboxylic acids is 1. The number of phosphoric acid groups is 1. The fourth-order valence-electron chi connectivity index (χ4n) is 5.54. The van der Waals surface area contributed by atoms with Crippen LogP contribution in [0.4, 0.5) is 0 Å². The van der Waals surface area contributed by atoms with Gasteiger partial charge in [-0.3, -0.25) is 9.36 Å². The zero-order valence-corrected chi connectivity index (χ0v) is 37.7. The summed E-state index contributed by atoms with van der Waals surface area (Å²) in [4.78, 5) is 25.1. The molecule has 0 aliphatic heterocycles. The topological polar surface area (TPSA) is 155 Å². The number of nitrogens with zero attached hydrogens (tertiary/aromatic N) is 1. The fraction of sp³-hybridized carbons (Fsp3) is 0.717. The van der Waals surface area contributed by atoms with Crippen molar-refractivity contribution in [3.8, 4) is 0 Å². The highest BCUT2D eigenvalue weighted by Crippen LogP contribution is 2.38. The third kappa shape index (κ3) is 39.1. The number of aliphatic hydroxyl groups is 3. The lowest BCUT2D eigenvalue weighted by Crippen LogP contribution is -2.37. The van der Waals surface area contributed by atoms with Crippen molar-refractivity contribution in [3.05, 3.63) is 73.1 Å². The molecule has 0 aliphatic carbocycles. The van der Waals surface area contributed by atoms with Gasteiger partial charge in [-0.2, -0.15) is 0 Å². The minimum atomic E-state index is -4.64. The first-order valence-corrected chi connectivity index (χ1v) is 23.5. The molecule has 0 radical (unpaired) electrons. The van der Waals surface area contributed by atoms with Crippen molar-refractivity contribution < 1.29 is 52.6 Å². The Hall–Kier alpha value is -2.34. The molecule has 12 heteroatoms. The highest BCUT2D eigenvalue weighted by molar-refractivity contribution is 7.45. The molecule has 0 aromatic heterocycles. The number of esters is 1. The Balaban J connectivity index is 4.66. The molecule has 11 nitrogen and oxygen atoms in total. The molecule has 0 saturated heterocycles. The fourth-order valence-corrected chi connectivity index (χ4v) is 6.26. The first kappa shape index (κ1) is 55.7. The summed E-state index contributed by atoms with van der Waals surface area (Å²) in [5, 5.41) is 30.6. The molecular formula is C46H82NO10P. The van der Waals surface area contributed by atoms with Gasteiger partial charge in [-0.25, -0.2) is 0 Å². The minimum Gasteiger partial charge on any atom is -0.756 e. The number of quaternary nitrogens is 1. The van der Waals surface area contributed by atoms with Gasteiger partial charge in [0.15, 0.2) is 6.10 Å². The van der Waals surface area contributed by atoms with Crippen molar-refractivity contribution in [3.63, 3.8) is 0 Å². The maximum Gasteiger partial charge on any atom is 0.306 e. The zero-order valence-electron chi connectivity index (χ0n) is 36.8. The Morgan fingerprint density at radius 3 is 1.84 bits per heavy atom. The molecule has 0 bridgehead atoms. The van der Waals surface area contributed by atoms with E-state index < -0.39 is 44.8 Å². The van der Waals surface area contributed by atoms with E-state index >= 15 is 0 Å². The second kappa shape index (κ2) is 37.6. The van der Waals surface area contributed by atoms with Crippen LogP contribution in [-0.4, -0.2) is 97.7 Å². The number of rotatable bonds is 39. The van der Waals surface area contributed by atoms with Crippen LogP contribution in [0.5, 0.6) is 0 Å². The number of phosphoric ester groups is 1. The quantitative estimate of drug-likeness (QED) is 0.0104. The molecule has 3 N–H and O–H groups in total. The number of carbonyl (C=O) groups is 1. The van der Waals surface area contributed by atoms with Crippen molar-refractivity contribution in [2.24, 2.45) is 0 Å². The third-order valence-corrected chi connectivity index (χ3v) is 10.1. The van der Waals surface area contributed by atoms with Crippen molar-refractivity contribution in [1.82, 2.24) is 0 Å². The smallest absolute Gasteiger partial charge is 0.306 e. The second-order valence-corrected chi connectivity index (χ2v) is 17.4. The third-order valence-electron chi connectivity index (χ3n) is 9.16. The van der Waals surface area contributed by atoms with Crippen LogP contribution in [0.2, 0.25) is 0 Å². The van der Waals surface area contributed by atoms with Crippen LogP contribution < -0.4 is 4.89 Å². The van der Waals surface area contributed by atoms with E-state index in [2.05, 4.69) is 26.0 Å². The van der Waals surface area contributed by atoms with Gasteiger partial charge in [-0.05, 0) is 63.9 Å². The average molecular weight is 840 g/mol. The van der Waals surface area contributed by atoms with E-state index in [0.717, 1.165) is 44.9 Å². The summed E-state index contributed by atoms with van der Waals surface area (Å²) in [5.41, 5.74) is 0. The highest BCUT2D eigenvalue weighted by atomic mass is 31.2. The largest absolute Gasteiger partial charge is 0.756 e. The summed E-state index contributed by atoms with van der Waals surface area (Å²) in [6.45, 7) is 4.19. The number of ether oxygens (including phenoxy) is 2. The lowest BCUT2D eigenvalue weighted by Gasteiger charge is -2.28. The molecular weight excluding hydrogens is 757 g/mol. The number of likely N-dealkylation sites (N-methyl/N-ethyl adjacent to an activating group) is 1. The summed E-state index contributed by atoms with van der Waals surface area (Å²) in [7, 11) is 1.09. The van der Waals surface area contributed by atoms with Gasteiger partial charge in [0.05, 0.1) is 52.3 Å². The van der Waals surface area contributed by atoms with Crippen LogP contribution in [0.3, 0.4) is 0 Å². The molecule has 5 atom stereocenters. The minimum absolute atomic E-state index is 0.0516. The molecule has 336 valence electrons. The van der Waals surface area contributed by atoms with Gasteiger partial charge in [0, 0.05) is 6.42 Å². The van der Waals surface area contributed by atoms with E-state index in [0.29, 0.717) is 11.0 Å². The van der Waals surface area contributed by atoms with E-state index in [4.69, 9.17) is 18.5 Å². The van der Waals surface area contributed by atoms with E-state index in [-0.39, 0.29) is 32.5 Å². The van der Waals surface area contributed by atoms with Gasteiger partial charge >= 0.3 is 5.97 Å². The standard InChI is InChI=1S/C46H82NO10P/c1-6-8-10-11-12-13-14-15-16-17-18-19-20-23-26-30-38-54-40-43(41-56-58(52,53)55-39-37-47(3,4)5)57-46(51)36-31-35-45(50)44(49)34-29-25-22-21-24-28-33-42(48)32-27-9-7-2/h13-14,21-22,24-25,28-30,33-34,38,42-45,48-50H,6-12,15-20,23,26-27,31-32,35-37,39-41H2,1-5H3/b14-13-,24-21-,25-22+,33-28+,34-29+,38-30+/t42-,43+,44-,45-/m0/s1. The Labute approximate surface area is 352 Å². The normalized spacial score (nSPS) is 16.0. The summed E-state index contributed by atoms with van der Waals surface area (Å²) >= 11 is 0. The monoisotopic (exact) mass is 840 g/mol. The number of aliphatic hydroxyl groups excluding tert-OH is 3. The molecule has 0 saturated carbocycles. The van der Waals surface area contributed by atoms with Crippen LogP contribution in [0.1, 0.15) is 142 Å². The molecule has 58 heavy (non-hydrogen) atoms. The number of hydrogen-bond donors (Lipinski definition) is 3. The molecule has 0 aromatic rings. The number of hydrogen-bond acceptors (Lipinski definition) is 10. The van der Waals surface area contributed by atoms with Gasteiger partial charge in [0.1, 0.15) is 19.8 Å². The van der Waals surface area contributed by atoms with Gasteiger partial charge in [0.25, 0.3) is 7.82 Å². The van der Waals surface area contributed by atoms with Crippen molar-refractivity contribution in [2.45, 2.75) is 167 Å². The van der Waals surface area contributed by atoms with E-state index in [1.807, 2.05) is 27.2 Å². The summed E-state index contributed by atoms with van der Waals surface area (Å²) in [6, 6.07) is 0.